The van der Waals surface area contributed by atoms with Gasteiger partial charge in [0.05, 0.1) is 12.0 Å². The quantitative estimate of drug-likeness (QED) is 0.857. The van der Waals surface area contributed by atoms with Crippen molar-refractivity contribution >= 4 is 16.1 Å². The van der Waals surface area contributed by atoms with E-state index in [0.29, 0.717) is 24.2 Å². The zero-order chi connectivity index (χ0) is 17.3. The van der Waals surface area contributed by atoms with Gasteiger partial charge in [-0.05, 0) is 49.5 Å². The normalized spacial score (nSPS) is 17.9. The molecule has 1 aliphatic rings. The predicted octanol–water partition coefficient (Wildman–Crippen LogP) is 3.32. The van der Waals surface area contributed by atoms with Gasteiger partial charge in [0, 0.05) is 0 Å². The van der Waals surface area contributed by atoms with Crippen LogP contribution in [0.15, 0.2) is 29.2 Å². The molecular formula is C15H18F3NO3S. The third-order valence-electron chi connectivity index (χ3n) is 3.64. The summed E-state index contributed by atoms with van der Waals surface area (Å²) in [6.45, 7) is 1.27. The Morgan fingerprint density at radius 2 is 1.87 bits per heavy atom. The van der Waals surface area contributed by atoms with Gasteiger partial charge in [0.15, 0.2) is 0 Å². The van der Waals surface area contributed by atoms with E-state index in [1.807, 2.05) is 0 Å². The molecule has 0 heterocycles. The molecule has 0 amide bonds. The molecule has 0 aromatic heterocycles. The average Bonchev–Trinajstić information content (AvgIpc) is 3.29. The molecule has 128 valence electrons. The van der Waals surface area contributed by atoms with E-state index in [0.717, 1.165) is 0 Å². The molecule has 1 unspecified atom stereocenters. The highest BCUT2D eigenvalue weighted by molar-refractivity contribution is 7.93. The zero-order valence-corrected chi connectivity index (χ0v) is 13.5. The second kappa shape index (κ2) is 6.52. The highest BCUT2D eigenvalue weighted by Crippen LogP contribution is 2.40. The summed E-state index contributed by atoms with van der Waals surface area (Å²) in [5, 5.41) is 0. The van der Waals surface area contributed by atoms with Crippen LogP contribution in [0.3, 0.4) is 0 Å². The van der Waals surface area contributed by atoms with Crippen molar-refractivity contribution in [2.24, 2.45) is 5.92 Å². The number of hydrogen-bond acceptors (Lipinski definition) is 3. The second-order valence-electron chi connectivity index (χ2n) is 5.51. The molecule has 0 bridgehead atoms. The number of benzene rings is 1. The molecule has 1 atom stereocenters. The van der Waals surface area contributed by atoms with Gasteiger partial charge >= 0.3 is 6.18 Å². The van der Waals surface area contributed by atoms with E-state index in [9.17, 15) is 21.6 Å². The minimum Gasteiger partial charge on any atom is -0.497 e. The van der Waals surface area contributed by atoms with Crippen LogP contribution in [-0.4, -0.2) is 27.7 Å². The Kier molecular flexibility index (Phi) is 5.05. The van der Waals surface area contributed by atoms with Crippen LogP contribution in [0.4, 0.5) is 13.2 Å². The van der Waals surface area contributed by atoms with Gasteiger partial charge < -0.3 is 4.74 Å². The van der Waals surface area contributed by atoms with Crippen molar-refractivity contribution in [3.63, 3.8) is 0 Å². The third kappa shape index (κ3) is 4.71. The van der Waals surface area contributed by atoms with Crippen LogP contribution in [0.25, 0.3) is 6.08 Å². The number of halogens is 3. The van der Waals surface area contributed by atoms with E-state index in [-0.39, 0.29) is 4.91 Å². The van der Waals surface area contributed by atoms with Gasteiger partial charge in [-0.3, -0.25) is 0 Å². The number of ether oxygens (including phenoxy) is 1. The van der Waals surface area contributed by atoms with Crippen molar-refractivity contribution in [2.75, 3.05) is 7.11 Å². The van der Waals surface area contributed by atoms with Crippen LogP contribution in [0.1, 0.15) is 25.3 Å². The summed E-state index contributed by atoms with van der Waals surface area (Å²) in [4.78, 5) is -0.169. The Hall–Kier alpha value is -1.54. The Morgan fingerprint density at radius 1 is 1.30 bits per heavy atom. The maximum atomic E-state index is 13.0. The summed E-state index contributed by atoms with van der Waals surface area (Å²) in [5.41, 5.74) is 0.559. The second-order valence-corrected chi connectivity index (χ2v) is 7.39. The maximum absolute atomic E-state index is 13.0. The molecule has 1 aromatic rings. The molecule has 4 nitrogen and oxygen atoms in total. The topological polar surface area (TPSA) is 55.4 Å². The maximum Gasteiger partial charge on any atom is 0.405 e. The van der Waals surface area contributed by atoms with Gasteiger partial charge in [-0.25, -0.2) is 8.42 Å². The van der Waals surface area contributed by atoms with Gasteiger partial charge in [-0.2, -0.15) is 17.9 Å². The van der Waals surface area contributed by atoms with Crippen LogP contribution in [-0.2, 0) is 10.0 Å². The monoisotopic (exact) mass is 349 g/mol. The van der Waals surface area contributed by atoms with Crippen molar-refractivity contribution in [1.82, 2.24) is 4.72 Å². The molecule has 0 saturated heterocycles. The minimum absolute atomic E-state index is 0.169. The number of methoxy groups -OCH3 is 1. The number of rotatable bonds is 6. The first kappa shape index (κ1) is 17.8. The fourth-order valence-electron chi connectivity index (χ4n) is 2.13. The molecule has 0 radical (unpaired) electrons. The van der Waals surface area contributed by atoms with Gasteiger partial charge in [-0.15, -0.1) is 0 Å². The molecule has 1 fully saturated rings. The first-order chi connectivity index (χ1) is 10.6. The fraction of sp³-hybridized carbons (Fsp3) is 0.467. The molecule has 1 N–H and O–H groups in total. The van der Waals surface area contributed by atoms with E-state index in [4.69, 9.17) is 4.74 Å². The summed E-state index contributed by atoms with van der Waals surface area (Å²) in [6.07, 6.45) is -2.50. The minimum atomic E-state index is -4.59. The van der Waals surface area contributed by atoms with E-state index >= 15 is 0 Å². The van der Waals surface area contributed by atoms with Crippen LogP contribution < -0.4 is 9.46 Å². The number of hydrogen-bond donors (Lipinski definition) is 1. The standard InChI is InChI=1S/C15H18F3NO3S/c1-10(9-11-3-7-13(22-2)8-4-11)23(20,21)19-14(12-5-6-12)15(16,17)18/h3-4,7-9,12,14,19H,5-6H2,1-2H3/b10-9+. The van der Waals surface area contributed by atoms with Gasteiger partial charge in [0.25, 0.3) is 0 Å². The lowest BCUT2D eigenvalue weighted by atomic mass is 10.2. The van der Waals surface area contributed by atoms with Gasteiger partial charge in [-0.1, -0.05) is 12.1 Å². The summed E-state index contributed by atoms with van der Waals surface area (Å²) < 4.78 is 69.9. The molecule has 0 spiro atoms. The van der Waals surface area contributed by atoms with E-state index in [2.05, 4.69) is 0 Å². The van der Waals surface area contributed by atoms with Crippen molar-refractivity contribution in [2.45, 2.75) is 32.0 Å². The van der Waals surface area contributed by atoms with Crippen molar-refractivity contribution in [1.29, 1.82) is 0 Å². The first-order valence-electron chi connectivity index (χ1n) is 7.05. The SMILES string of the molecule is COc1ccc(/C=C(\C)S(=O)(=O)NC(C2CC2)C(F)(F)F)cc1. The van der Waals surface area contributed by atoms with Gasteiger partial charge in [0.2, 0.25) is 10.0 Å². The highest BCUT2D eigenvalue weighted by atomic mass is 32.2. The summed E-state index contributed by atoms with van der Waals surface area (Å²) in [5.74, 6) is -0.0646. The lowest BCUT2D eigenvalue weighted by molar-refractivity contribution is -0.155. The lowest BCUT2D eigenvalue weighted by Crippen LogP contribution is -2.46. The first-order valence-corrected chi connectivity index (χ1v) is 8.53. The zero-order valence-electron chi connectivity index (χ0n) is 12.7. The van der Waals surface area contributed by atoms with E-state index in [1.54, 1.807) is 29.0 Å². The van der Waals surface area contributed by atoms with Crippen LogP contribution in [0.2, 0.25) is 0 Å². The molecule has 8 heteroatoms. The summed E-state index contributed by atoms with van der Waals surface area (Å²) in [7, 11) is -2.70. The Labute approximate surface area is 133 Å². The predicted molar refractivity (Wildman–Crippen MR) is 81.3 cm³/mol. The van der Waals surface area contributed by atoms with Crippen LogP contribution in [0, 0.1) is 5.92 Å². The smallest absolute Gasteiger partial charge is 0.405 e. The highest BCUT2D eigenvalue weighted by Gasteiger charge is 2.50. The molecule has 2 rings (SSSR count). The average molecular weight is 349 g/mol. The van der Waals surface area contributed by atoms with Gasteiger partial charge in [0.1, 0.15) is 11.8 Å². The van der Waals surface area contributed by atoms with Crippen molar-refractivity contribution < 1.29 is 26.3 Å². The fourth-order valence-corrected chi connectivity index (χ4v) is 3.27. The molecule has 1 aliphatic carbocycles. The Balaban J connectivity index is 2.18. The summed E-state index contributed by atoms with van der Waals surface area (Å²) >= 11 is 0. The number of alkyl halides is 3. The molecular weight excluding hydrogens is 331 g/mol. The van der Waals surface area contributed by atoms with Crippen molar-refractivity contribution in [3.8, 4) is 5.75 Å². The largest absolute Gasteiger partial charge is 0.497 e. The third-order valence-corrected chi connectivity index (χ3v) is 5.17. The molecule has 1 saturated carbocycles. The van der Waals surface area contributed by atoms with Crippen LogP contribution in [0.5, 0.6) is 5.75 Å². The Morgan fingerprint density at radius 3 is 2.30 bits per heavy atom. The van der Waals surface area contributed by atoms with E-state index in [1.165, 1.54) is 20.1 Å². The molecule has 1 aromatic carbocycles. The number of nitrogens with one attached hydrogen (secondary N) is 1. The van der Waals surface area contributed by atoms with E-state index < -0.39 is 28.2 Å². The van der Waals surface area contributed by atoms with Crippen molar-refractivity contribution in [3.05, 3.63) is 34.7 Å². The Bertz CT molecular complexity index is 677. The molecule has 0 aliphatic heterocycles. The summed E-state index contributed by atoms with van der Waals surface area (Å²) in [6, 6.07) is 4.51. The number of allylic oxidation sites excluding steroid dienone is 1. The number of sulfonamides is 1. The van der Waals surface area contributed by atoms with Crippen LogP contribution >= 0.6 is 0 Å². The lowest BCUT2D eigenvalue weighted by Gasteiger charge is -2.21. The molecule has 23 heavy (non-hydrogen) atoms.